The zero-order valence-electron chi connectivity index (χ0n) is 10.4. The van der Waals surface area contributed by atoms with Crippen molar-refractivity contribution in [3.63, 3.8) is 0 Å². The number of rotatable bonds is 5. The van der Waals surface area contributed by atoms with Gasteiger partial charge in [-0.3, -0.25) is 4.79 Å². The van der Waals surface area contributed by atoms with Crippen molar-refractivity contribution in [1.29, 1.82) is 0 Å². The van der Waals surface area contributed by atoms with Crippen LogP contribution in [0.4, 0.5) is 5.69 Å². The first-order valence-electron chi connectivity index (χ1n) is 6.62. The molecule has 2 aliphatic rings. The van der Waals surface area contributed by atoms with Gasteiger partial charge in [-0.1, -0.05) is 12.1 Å². The molecular formula is C15H19NO. The van der Waals surface area contributed by atoms with E-state index in [1.165, 1.54) is 25.7 Å². The van der Waals surface area contributed by atoms with Crippen LogP contribution in [0.3, 0.4) is 0 Å². The third kappa shape index (κ3) is 2.36. The van der Waals surface area contributed by atoms with Crippen molar-refractivity contribution in [2.24, 2.45) is 5.92 Å². The molecule has 2 heteroatoms. The maximum absolute atomic E-state index is 11.7. The molecule has 0 amide bonds. The van der Waals surface area contributed by atoms with E-state index in [1.54, 1.807) is 6.92 Å². The Balaban J connectivity index is 1.90. The number of ketones is 1. The van der Waals surface area contributed by atoms with Gasteiger partial charge in [0.1, 0.15) is 0 Å². The molecule has 2 saturated carbocycles. The maximum atomic E-state index is 11.7. The molecule has 0 aliphatic heterocycles. The molecule has 0 atom stereocenters. The van der Waals surface area contributed by atoms with Crippen LogP contribution in [-0.2, 0) is 0 Å². The molecule has 2 aliphatic carbocycles. The Bertz CT molecular complexity index is 432. The predicted molar refractivity (Wildman–Crippen MR) is 69.5 cm³/mol. The summed E-state index contributed by atoms with van der Waals surface area (Å²) < 4.78 is 0. The summed E-state index contributed by atoms with van der Waals surface area (Å²) in [5, 5.41) is 0. The molecule has 0 spiro atoms. The molecule has 0 radical (unpaired) electrons. The molecule has 0 unspecified atom stereocenters. The minimum absolute atomic E-state index is 0.182. The zero-order valence-corrected chi connectivity index (χ0v) is 10.4. The lowest BCUT2D eigenvalue weighted by Crippen LogP contribution is -2.29. The van der Waals surface area contributed by atoms with Gasteiger partial charge < -0.3 is 4.90 Å². The Hall–Kier alpha value is -1.31. The monoisotopic (exact) mass is 229 g/mol. The highest BCUT2D eigenvalue weighted by atomic mass is 16.1. The standard InChI is InChI=1S/C15H19NO/c1-11(17)14-4-2-3-5-15(14)16(13-8-9-13)10-12-6-7-12/h2-5,12-13H,6-10H2,1H3. The third-order valence-corrected chi connectivity index (χ3v) is 3.73. The summed E-state index contributed by atoms with van der Waals surface area (Å²) in [5.74, 6) is 1.05. The smallest absolute Gasteiger partial charge is 0.161 e. The number of anilines is 1. The Kier molecular flexibility index (Phi) is 2.65. The number of para-hydroxylation sites is 1. The summed E-state index contributed by atoms with van der Waals surface area (Å²) in [6.07, 6.45) is 5.31. The van der Waals surface area contributed by atoms with Gasteiger partial charge in [0.25, 0.3) is 0 Å². The van der Waals surface area contributed by atoms with Crippen LogP contribution in [0.5, 0.6) is 0 Å². The SMILES string of the molecule is CC(=O)c1ccccc1N(CC1CC1)C1CC1. The van der Waals surface area contributed by atoms with Crippen LogP contribution in [0.15, 0.2) is 24.3 Å². The van der Waals surface area contributed by atoms with Gasteiger partial charge in [-0.2, -0.15) is 0 Å². The van der Waals surface area contributed by atoms with Gasteiger partial charge in [0, 0.05) is 23.8 Å². The Morgan fingerprint density at radius 1 is 1.24 bits per heavy atom. The summed E-state index contributed by atoms with van der Waals surface area (Å²) >= 11 is 0. The van der Waals surface area contributed by atoms with Crippen LogP contribution in [-0.4, -0.2) is 18.4 Å². The van der Waals surface area contributed by atoms with E-state index >= 15 is 0 Å². The number of nitrogens with zero attached hydrogens (tertiary/aromatic N) is 1. The fourth-order valence-corrected chi connectivity index (χ4v) is 2.43. The van der Waals surface area contributed by atoms with Crippen LogP contribution in [0.25, 0.3) is 0 Å². The first-order valence-corrected chi connectivity index (χ1v) is 6.62. The number of benzene rings is 1. The van der Waals surface area contributed by atoms with Crippen molar-refractivity contribution < 1.29 is 4.79 Å². The molecule has 90 valence electrons. The molecule has 1 aromatic rings. The van der Waals surface area contributed by atoms with Crippen LogP contribution in [0.1, 0.15) is 43.0 Å². The summed E-state index contributed by atoms with van der Waals surface area (Å²) in [4.78, 5) is 14.2. The molecule has 0 N–H and O–H groups in total. The molecule has 0 heterocycles. The second-order valence-electron chi connectivity index (χ2n) is 5.40. The lowest BCUT2D eigenvalue weighted by atomic mass is 10.1. The van der Waals surface area contributed by atoms with E-state index < -0.39 is 0 Å². The minimum Gasteiger partial charge on any atom is -0.368 e. The van der Waals surface area contributed by atoms with E-state index in [0.29, 0.717) is 6.04 Å². The number of carbonyl (C=O) groups excluding carboxylic acids is 1. The van der Waals surface area contributed by atoms with Crippen molar-refractivity contribution in [3.8, 4) is 0 Å². The van der Waals surface area contributed by atoms with Gasteiger partial charge in [-0.05, 0) is 50.7 Å². The Morgan fingerprint density at radius 2 is 1.94 bits per heavy atom. The van der Waals surface area contributed by atoms with Crippen molar-refractivity contribution in [1.82, 2.24) is 0 Å². The largest absolute Gasteiger partial charge is 0.368 e. The number of Topliss-reactive ketones (excluding diaryl/α,β-unsaturated/α-hetero) is 1. The molecule has 0 bridgehead atoms. The molecule has 0 saturated heterocycles. The van der Waals surface area contributed by atoms with E-state index in [-0.39, 0.29) is 5.78 Å². The maximum Gasteiger partial charge on any atom is 0.161 e. The Morgan fingerprint density at radius 3 is 2.53 bits per heavy atom. The third-order valence-electron chi connectivity index (χ3n) is 3.73. The van der Waals surface area contributed by atoms with Gasteiger partial charge in [-0.15, -0.1) is 0 Å². The van der Waals surface area contributed by atoms with Gasteiger partial charge in [-0.25, -0.2) is 0 Å². The van der Waals surface area contributed by atoms with E-state index in [4.69, 9.17) is 0 Å². The van der Waals surface area contributed by atoms with E-state index in [2.05, 4.69) is 11.0 Å². The predicted octanol–water partition coefficient (Wildman–Crippen LogP) is 3.27. The van der Waals surface area contributed by atoms with Crippen LogP contribution < -0.4 is 4.90 Å². The summed E-state index contributed by atoms with van der Waals surface area (Å²) in [7, 11) is 0. The van der Waals surface area contributed by atoms with Gasteiger partial charge >= 0.3 is 0 Å². The second-order valence-corrected chi connectivity index (χ2v) is 5.40. The zero-order chi connectivity index (χ0) is 11.8. The average molecular weight is 229 g/mol. The Labute approximate surface area is 103 Å². The lowest BCUT2D eigenvalue weighted by molar-refractivity contribution is 0.101. The van der Waals surface area contributed by atoms with E-state index in [1.807, 2.05) is 18.2 Å². The minimum atomic E-state index is 0.182. The molecule has 3 rings (SSSR count). The quantitative estimate of drug-likeness (QED) is 0.722. The van der Waals surface area contributed by atoms with Gasteiger partial charge in [0.2, 0.25) is 0 Å². The molecule has 2 nitrogen and oxygen atoms in total. The van der Waals surface area contributed by atoms with Crippen LogP contribution >= 0.6 is 0 Å². The number of carbonyl (C=O) groups is 1. The summed E-state index contributed by atoms with van der Waals surface area (Å²) in [6.45, 7) is 2.82. The van der Waals surface area contributed by atoms with Crippen molar-refractivity contribution in [2.75, 3.05) is 11.4 Å². The normalized spacial score (nSPS) is 19.1. The first-order chi connectivity index (χ1) is 8.25. The van der Waals surface area contributed by atoms with Crippen LogP contribution in [0.2, 0.25) is 0 Å². The van der Waals surface area contributed by atoms with E-state index in [0.717, 1.165) is 23.7 Å². The summed E-state index contributed by atoms with van der Waals surface area (Å²) in [6, 6.07) is 8.76. The molecule has 1 aromatic carbocycles. The second kappa shape index (κ2) is 4.17. The molecule has 2 fully saturated rings. The molecule has 0 aromatic heterocycles. The van der Waals surface area contributed by atoms with Crippen molar-refractivity contribution in [3.05, 3.63) is 29.8 Å². The molecule has 17 heavy (non-hydrogen) atoms. The highest BCUT2D eigenvalue weighted by Gasteiger charge is 2.34. The highest BCUT2D eigenvalue weighted by Crippen LogP contribution is 2.38. The lowest BCUT2D eigenvalue weighted by Gasteiger charge is -2.26. The number of hydrogen-bond donors (Lipinski definition) is 0. The topological polar surface area (TPSA) is 20.3 Å². The highest BCUT2D eigenvalue weighted by molar-refractivity contribution is 5.99. The summed E-state index contributed by atoms with van der Waals surface area (Å²) in [5.41, 5.74) is 2.05. The van der Waals surface area contributed by atoms with Gasteiger partial charge in [0.15, 0.2) is 5.78 Å². The van der Waals surface area contributed by atoms with Crippen molar-refractivity contribution in [2.45, 2.75) is 38.6 Å². The van der Waals surface area contributed by atoms with Crippen LogP contribution in [0, 0.1) is 5.92 Å². The first kappa shape index (κ1) is 10.8. The number of hydrogen-bond acceptors (Lipinski definition) is 2. The average Bonchev–Trinajstić information content (AvgIpc) is 3.17. The fraction of sp³-hybridized carbons (Fsp3) is 0.533. The molecular weight excluding hydrogens is 210 g/mol. The van der Waals surface area contributed by atoms with Gasteiger partial charge in [0.05, 0.1) is 0 Å². The van der Waals surface area contributed by atoms with Crippen molar-refractivity contribution >= 4 is 11.5 Å². The van der Waals surface area contributed by atoms with E-state index in [9.17, 15) is 4.79 Å². The fourth-order valence-electron chi connectivity index (χ4n) is 2.43.